The molecule has 0 saturated carbocycles. The molecule has 0 bridgehead atoms. The zero-order chi connectivity index (χ0) is 8.20. The van der Waals surface area contributed by atoms with E-state index in [1.165, 1.54) is 6.21 Å². The van der Waals surface area contributed by atoms with E-state index in [9.17, 15) is 0 Å². The molecule has 0 aromatic rings. The molecule has 0 aromatic heterocycles. The quantitative estimate of drug-likeness (QED) is 0.473. The van der Waals surface area contributed by atoms with Gasteiger partial charge < -0.3 is 10.7 Å². The highest BCUT2D eigenvalue weighted by Gasteiger charge is 2.16. The molecule has 0 amide bonds. The van der Waals surface area contributed by atoms with Crippen molar-refractivity contribution in [3.8, 4) is 0 Å². The molecule has 0 aliphatic heterocycles. The lowest BCUT2D eigenvalue weighted by molar-refractivity contribution is 1.10. The Morgan fingerprint density at radius 1 is 1.40 bits per heavy atom. The minimum atomic E-state index is -1.25. The Morgan fingerprint density at radius 3 is 2.00 bits per heavy atom. The minimum Gasteiger partial charge on any atom is -0.394 e. The van der Waals surface area contributed by atoms with Crippen LogP contribution in [0.1, 0.15) is 0 Å². The molecule has 0 rings (SSSR count). The first-order valence-electron chi connectivity index (χ1n) is 3.40. The Balaban J connectivity index is 4.36. The summed E-state index contributed by atoms with van der Waals surface area (Å²) in [6, 6.07) is 0. The van der Waals surface area contributed by atoms with E-state index in [4.69, 9.17) is 5.41 Å². The normalized spacial score (nSPS) is 13.0. The number of allylic oxidation sites excluding steroid dienone is 1. The fourth-order valence-electron chi connectivity index (χ4n) is 0.630. The molecular formula is C7H16N2Si. The van der Waals surface area contributed by atoms with E-state index >= 15 is 0 Å². The molecule has 0 radical (unpaired) electrons. The van der Waals surface area contributed by atoms with Crippen LogP contribution in [0, 0.1) is 5.41 Å². The Kier molecular flexibility index (Phi) is 3.36. The summed E-state index contributed by atoms with van der Waals surface area (Å²) in [5.74, 6) is 0. The number of nitrogens with one attached hydrogen (secondary N) is 2. The molecule has 0 fully saturated rings. The maximum absolute atomic E-state index is 7.12. The predicted molar refractivity (Wildman–Crippen MR) is 49.3 cm³/mol. The van der Waals surface area contributed by atoms with Crippen LogP contribution < -0.4 is 5.32 Å². The smallest absolute Gasteiger partial charge is 0.0814 e. The molecule has 0 spiro atoms. The van der Waals surface area contributed by atoms with Gasteiger partial charge in [-0.05, 0) is 11.4 Å². The molecule has 2 N–H and O–H groups in total. The van der Waals surface area contributed by atoms with Gasteiger partial charge in [-0.3, -0.25) is 0 Å². The number of hydrogen-bond acceptors (Lipinski definition) is 2. The van der Waals surface area contributed by atoms with Crippen molar-refractivity contribution in [2.75, 3.05) is 7.05 Å². The van der Waals surface area contributed by atoms with Crippen LogP contribution >= 0.6 is 0 Å². The molecule has 0 aliphatic rings. The van der Waals surface area contributed by atoms with E-state index in [0.29, 0.717) is 0 Å². The van der Waals surface area contributed by atoms with Gasteiger partial charge in [-0.15, -0.1) is 0 Å². The first-order chi connectivity index (χ1) is 4.52. The van der Waals surface area contributed by atoms with Crippen LogP contribution in [0.5, 0.6) is 0 Å². The minimum absolute atomic E-state index is 1.15. The molecule has 10 heavy (non-hydrogen) atoms. The summed E-state index contributed by atoms with van der Waals surface area (Å²) in [4.78, 5) is 0. The van der Waals surface area contributed by atoms with Gasteiger partial charge in [0, 0.05) is 13.3 Å². The molecule has 3 heteroatoms. The first-order valence-corrected chi connectivity index (χ1v) is 6.90. The van der Waals surface area contributed by atoms with Gasteiger partial charge in [0.15, 0.2) is 0 Å². The molecule has 2 nitrogen and oxygen atoms in total. The SMILES string of the molecule is CN/C=C(\C=N)[Si](C)(C)C. The largest absolute Gasteiger partial charge is 0.394 e. The zero-order valence-electron chi connectivity index (χ0n) is 7.15. The zero-order valence-corrected chi connectivity index (χ0v) is 8.15. The van der Waals surface area contributed by atoms with Crippen molar-refractivity contribution in [2.45, 2.75) is 19.6 Å². The Bertz CT molecular complexity index is 144. The topological polar surface area (TPSA) is 35.9 Å². The standard InChI is InChI=1S/C7H16N2Si/c1-9-6-7(5-8)10(2,3)4/h5-6,8-9H,1-4H3/b7-6+,8-5?. The molecule has 0 aromatic carbocycles. The summed E-state index contributed by atoms with van der Waals surface area (Å²) in [7, 11) is 0.613. The van der Waals surface area contributed by atoms with Crippen molar-refractivity contribution in [1.29, 1.82) is 5.41 Å². The predicted octanol–water partition coefficient (Wildman–Crippen LogP) is 1.62. The molecule has 0 atom stereocenters. The van der Waals surface area contributed by atoms with E-state index in [1.54, 1.807) is 0 Å². The van der Waals surface area contributed by atoms with Gasteiger partial charge in [-0.25, -0.2) is 0 Å². The van der Waals surface area contributed by atoms with E-state index < -0.39 is 8.07 Å². The van der Waals surface area contributed by atoms with Crippen LogP contribution in [-0.4, -0.2) is 21.3 Å². The Morgan fingerprint density at radius 2 is 1.90 bits per heavy atom. The first kappa shape index (κ1) is 9.43. The third-order valence-electron chi connectivity index (χ3n) is 1.32. The van der Waals surface area contributed by atoms with Crippen LogP contribution in [0.4, 0.5) is 0 Å². The van der Waals surface area contributed by atoms with Crippen molar-refractivity contribution in [3.05, 3.63) is 11.4 Å². The second-order valence-corrected chi connectivity index (χ2v) is 8.36. The summed E-state index contributed by atoms with van der Waals surface area (Å²) in [5, 5.41) is 11.2. The fraction of sp³-hybridized carbons (Fsp3) is 0.571. The van der Waals surface area contributed by atoms with Crippen molar-refractivity contribution in [3.63, 3.8) is 0 Å². The summed E-state index contributed by atoms with van der Waals surface area (Å²) < 4.78 is 0. The molecule has 58 valence electrons. The third-order valence-corrected chi connectivity index (χ3v) is 3.34. The number of rotatable bonds is 3. The van der Waals surface area contributed by atoms with Gasteiger partial charge in [0.25, 0.3) is 0 Å². The molecule has 0 heterocycles. The van der Waals surface area contributed by atoms with E-state index in [-0.39, 0.29) is 0 Å². The maximum Gasteiger partial charge on any atom is 0.0814 e. The van der Waals surface area contributed by atoms with Gasteiger partial charge >= 0.3 is 0 Å². The van der Waals surface area contributed by atoms with E-state index in [0.717, 1.165) is 5.20 Å². The van der Waals surface area contributed by atoms with Crippen molar-refractivity contribution < 1.29 is 0 Å². The number of hydrogen-bond donors (Lipinski definition) is 2. The highest BCUT2D eigenvalue weighted by molar-refractivity contribution is 6.86. The highest BCUT2D eigenvalue weighted by Crippen LogP contribution is 2.10. The monoisotopic (exact) mass is 156 g/mol. The Labute approximate surface area is 63.9 Å². The van der Waals surface area contributed by atoms with Gasteiger partial charge in [0.1, 0.15) is 0 Å². The highest BCUT2D eigenvalue weighted by atomic mass is 28.3. The van der Waals surface area contributed by atoms with Crippen LogP contribution in [0.15, 0.2) is 11.4 Å². The molecule has 0 aliphatic carbocycles. The molecule has 0 saturated heterocycles. The second-order valence-electron chi connectivity index (χ2n) is 3.28. The van der Waals surface area contributed by atoms with E-state index in [2.05, 4.69) is 25.0 Å². The summed E-state index contributed by atoms with van der Waals surface area (Å²) >= 11 is 0. The van der Waals surface area contributed by atoms with Crippen molar-refractivity contribution in [1.82, 2.24) is 5.32 Å². The average molecular weight is 156 g/mol. The van der Waals surface area contributed by atoms with Crippen LogP contribution in [-0.2, 0) is 0 Å². The van der Waals surface area contributed by atoms with Crippen LogP contribution in [0.25, 0.3) is 0 Å². The van der Waals surface area contributed by atoms with Crippen molar-refractivity contribution >= 4 is 14.3 Å². The molecular weight excluding hydrogens is 140 g/mol. The van der Waals surface area contributed by atoms with E-state index in [1.807, 2.05) is 13.2 Å². The lowest BCUT2D eigenvalue weighted by Gasteiger charge is -2.16. The fourth-order valence-corrected chi connectivity index (χ4v) is 1.64. The second kappa shape index (κ2) is 3.56. The third kappa shape index (κ3) is 2.82. The van der Waals surface area contributed by atoms with Gasteiger partial charge in [-0.2, -0.15) is 0 Å². The lowest BCUT2D eigenvalue weighted by Crippen LogP contribution is -2.26. The summed E-state index contributed by atoms with van der Waals surface area (Å²) in [6.45, 7) is 6.67. The van der Waals surface area contributed by atoms with Gasteiger partial charge in [-0.1, -0.05) is 19.6 Å². The lowest BCUT2D eigenvalue weighted by atomic mass is 10.6. The van der Waals surface area contributed by atoms with Gasteiger partial charge in [0.2, 0.25) is 0 Å². The van der Waals surface area contributed by atoms with Crippen LogP contribution in [0.3, 0.4) is 0 Å². The van der Waals surface area contributed by atoms with Crippen LogP contribution in [0.2, 0.25) is 19.6 Å². The summed E-state index contributed by atoms with van der Waals surface area (Å²) in [6.07, 6.45) is 3.36. The molecule has 0 unspecified atom stereocenters. The van der Waals surface area contributed by atoms with Gasteiger partial charge in [0.05, 0.1) is 8.07 Å². The average Bonchev–Trinajstić information content (AvgIpc) is 1.80. The summed E-state index contributed by atoms with van der Waals surface area (Å²) in [5.41, 5.74) is 0. The Hall–Kier alpha value is -0.573. The van der Waals surface area contributed by atoms with Crippen molar-refractivity contribution in [2.24, 2.45) is 0 Å². The maximum atomic E-state index is 7.12.